The zero-order valence-electron chi connectivity index (χ0n) is 7.45. The minimum Gasteiger partial charge on any atom is -0.469 e. The highest BCUT2D eigenvalue weighted by Crippen LogP contribution is 2.39. The van der Waals surface area contributed by atoms with Gasteiger partial charge < -0.3 is 4.42 Å². The third-order valence-corrected chi connectivity index (χ3v) is 3.47. The maximum Gasteiger partial charge on any atom is 0.136 e. The molecule has 2 aliphatic rings. The van der Waals surface area contributed by atoms with Gasteiger partial charge >= 0.3 is 0 Å². The first-order chi connectivity index (χ1) is 6.34. The van der Waals surface area contributed by atoms with Crippen LogP contribution in [0.5, 0.6) is 0 Å². The van der Waals surface area contributed by atoms with Crippen molar-refractivity contribution in [2.45, 2.75) is 25.7 Å². The minimum absolute atomic E-state index is 0.277. The normalized spacial score (nSPS) is 31.5. The number of carbonyl (C=O) groups is 1. The van der Waals surface area contributed by atoms with Crippen molar-refractivity contribution < 1.29 is 9.21 Å². The van der Waals surface area contributed by atoms with Gasteiger partial charge in [0.25, 0.3) is 0 Å². The van der Waals surface area contributed by atoms with Gasteiger partial charge in [-0.25, -0.2) is 0 Å². The number of rotatable bonds is 0. The summed E-state index contributed by atoms with van der Waals surface area (Å²) in [7, 11) is 0. The second-order valence-electron chi connectivity index (χ2n) is 4.15. The molecule has 0 aliphatic heterocycles. The number of fused-ring (bicyclic) bond motifs is 2. The molecule has 1 aromatic rings. The summed E-state index contributed by atoms with van der Waals surface area (Å²) in [4.78, 5) is 11.5. The van der Waals surface area contributed by atoms with Crippen LogP contribution in [-0.2, 0) is 17.6 Å². The molecule has 68 valence electrons. The van der Waals surface area contributed by atoms with E-state index in [0.717, 1.165) is 31.4 Å². The summed E-state index contributed by atoms with van der Waals surface area (Å²) < 4.78 is 5.36. The van der Waals surface area contributed by atoms with Crippen molar-refractivity contribution in [2.24, 2.45) is 11.8 Å². The lowest BCUT2D eigenvalue weighted by molar-refractivity contribution is -0.121. The van der Waals surface area contributed by atoms with E-state index in [-0.39, 0.29) is 5.92 Å². The predicted octanol–water partition coefficient (Wildman–Crippen LogP) is 1.97. The molecule has 2 aliphatic carbocycles. The number of Topliss-reactive ketones (excluding diaryl/α,β-unsaturated/α-hetero) is 1. The summed E-state index contributed by atoms with van der Waals surface area (Å²) in [6, 6.07) is 2.05. The summed E-state index contributed by atoms with van der Waals surface area (Å²) >= 11 is 0. The van der Waals surface area contributed by atoms with E-state index in [2.05, 4.69) is 0 Å². The molecule has 2 nitrogen and oxygen atoms in total. The molecular formula is C11H12O2. The molecule has 0 aromatic carbocycles. The molecule has 2 atom stereocenters. The van der Waals surface area contributed by atoms with Gasteiger partial charge in [0, 0.05) is 18.8 Å². The van der Waals surface area contributed by atoms with Gasteiger partial charge in [0.2, 0.25) is 0 Å². The van der Waals surface area contributed by atoms with Crippen molar-refractivity contribution in [3.8, 4) is 0 Å². The summed E-state index contributed by atoms with van der Waals surface area (Å²) in [5.41, 5.74) is 1.33. The van der Waals surface area contributed by atoms with Gasteiger partial charge in [-0.05, 0) is 30.4 Å². The summed E-state index contributed by atoms with van der Waals surface area (Å²) in [6.07, 6.45) is 5.54. The summed E-state index contributed by atoms with van der Waals surface area (Å²) in [5.74, 6) is 2.39. The smallest absolute Gasteiger partial charge is 0.136 e. The van der Waals surface area contributed by atoms with Gasteiger partial charge in [0.1, 0.15) is 11.5 Å². The first-order valence-corrected chi connectivity index (χ1v) is 4.92. The molecule has 0 saturated heterocycles. The lowest BCUT2D eigenvalue weighted by atomic mass is 9.81. The topological polar surface area (TPSA) is 30.2 Å². The van der Waals surface area contributed by atoms with E-state index in [9.17, 15) is 4.79 Å². The zero-order chi connectivity index (χ0) is 8.84. The molecule has 1 saturated carbocycles. The first kappa shape index (κ1) is 7.36. The van der Waals surface area contributed by atoms with Gasteiger partial charge in [0.15, 0.2) is 0 Å². The number of carbonyl (C=O) groups excluding carboxylic acids is 1. The largest absolute Gasteiger partial charge is 0.469 e. The molecular weight excluding hydrogens is 164 g/mol. The second-order valence-corrected chi connectivity index (χ2v) is 4.15. The van der Waals surface area contributed by atoms with Crippen LogP contribution in [-0.4, -0.2) is 5.78 Å². The van der Waals surface area contributed by atoms with Gasteiger partial charge in [-0.2, -0.15) is 0 Å². The molecule has 0 N–H and O–H groups in total. The molecule has 13 heavy (non-hydrogen) atoms. The van der Waals surface area contributed by atoms with E-state index in [4.69, 9.17) is 4.42 Å². The van der Waals surface area contributed by atoms with Crippen LogP contribution in [0.4, 0.5) is 0 Å². The maximum absolute atomic E-state index is 11.5. The maximum atomic E-state index is 11.5. The quantitative estimate of drug-likeness (QED) is 0.605. The Labute approximate surface area is 76.9 Å². The highest BCUT2D eigenvalue weighted by Gasteiger charge is 2.39. The van der Waals surface area contributed by atoms with Crippen LogP contribution < -0.4 is 0 Å². The molecule has 0 unspecified atom stereocenters. The van der Waals surface area contributed by atoms with Crippen molar-refractivity contribution in [1.82, 2.24) is 0 Å². The molecule has 1 fully saturated rings. The van der Waals surface area contributed by atoms with Crippen molar-refractivity contribution >= 4 is 5.78 Å². The van der Waals surface area contributed by atoms with Crippen molar-refractivity contribution in [1.29, 1.82) is 0 Å². The van der Waals surface area contributed by atoms with Crippen LogP contribution in [0.3, 0.4) is 0 Å². The Morgan fingerprint density at radius 3 is 3.23 bits per heavy atom. The highest BCUT2D eigenvalue weighted by atomic mass is 16.3. The average Bonchev–Trinajstić information content (AvgIpc) is 2.70. The van der Waals surface area contributed by atoms with E-state index in [0.29, 0.717) is 11.7 Å². The fraction of sp³-hybridized carbons (Fsp3) is 0.545. The summed E-state index contributed by atoms with van der Waals surface area (Å²) in [5, 5.41) is 0. The number of hydrogen-bond acceptors (Lipinski definition) is 2. The van der Waals surface area contributed by atoms with Gasteiger partial charge in [-0.1, -0.05) is 0 Å². The molecule has 0 amide bonds. The molecule has 1 aromatic heterocycles. The van der Waals surface area contributed by atoms with E-state index in [1.165, 1.54) is 5.56 Å². The third kappa shape index (κ3) is 0.978. The predicted molar refractivity (Wildman–Crippen MR) is 47.3 cm³/mol. The van der Waals surface area contributed by atoms with Gasteiger partial charge in [0.05, 0.1) is 6.26 Å². The fourth-order valence-corrected chi connectivity index (χ4v) is 2.71. The van der Waals surface area contributed by atoms with E-state index >= 15 is 0 Å². The fourth-order valence-electron chi connectivity index (χ4n) is 2.71. The number of furan rings is 1. The molecule has 1 heterocycles. The molecule has 0 spiro atoms. The molecule has 0 radical (unpaired) electrons. The van der Waals surface area contributed by atoms with Crippen molar-refractivity contribution in [3.63, 3.8) is 0 Å². The number of ketones is 1. The Balaban J connectivity index is 1.98. The first-order valence-electron chi connectivity index (χ1n) is 4.92. The second kappa shape index (κ2) is 2.47. The Bertz CT molecular complexity index is 351. The van der Waals surface area contributed by atoms with Gasteiger partial charge in [-0.15, -0.1) is 0 Å². The van der Waals surface area contributed by atoms with E-state index < -0.39 is 0 Å². The van der Waals surface area contributed by atoms with Crippen LogP contribution in [0.15, 0.2) is 16.7 Å². The summed E-state index contributed by atoms with van der Waals surface area (Å²) in [6.45, 7) is 0. The van der Waals surface area contributed by atoms with Crippen molar-refractivity contribution in [2.75, 3.05) is 0 Å². The SMILES string of the molecule is O=C1CC[C@@H]2Cc3ccoc3C[C@H]12. The Kier molecular flexibility index (Phi) is 1.40. The van der Waals surface area contributed by atoms with Crippen molar-refractivity contribution in [3.05, 3.63) is 23.7 Å². The third-order valence-electron chi connectivity index (χ3n) is 3.47. The minimum atomic E-state index is 0.277. The van der Waals surface area contributed by atoms with Crippen LogP contribution >= 0.6 is 0 Å². The van der Waals surface area contributed by atoms with Gasteiger partial charge in [-0.3, -0.25) is 4.79 Å². The van der Waals surface area contributed by atoms with Crippen LogP contribution in [0.25, 0.3) is 0 Å². The highest BCUT2D eigenvalue weighted by molar-refractivity contribution is 5.84. The monoisotopic (exact) mass is 176 g/mol. The Morgan fingerprint density at radius 2 is 2.31 bits per heavy atom. The van der Waals surface area contributed by atoms with E-state index in [1.54, 1.807) is 6.26 Å². The lowest BCUT2D eigenvalue weighted by Gasteiger charge is -2.22. The van der Waals surface area contributed by atoms with E-state index in [1.807, 2.05) is 6.07 Å². The Hall–Kier alpha value is -1.05. The van der Waals surface area contributed by atoms with Crippen LogP contribution in [0.1, 0.15) is 24.2 Å². The molecule has 0 bridgehead atoms. The van der Waals surface area contributed by atoms with Crippen LogP contribution in [0, 0.1) is 11.8 Å². The zero-order valence-corrected chi connectivity index (χ0v) is 7.45. The lowest BCUT2D eigenvalue weighted by Crippen LogP contribution is -2.23. The van der Waals surface area contributed by atoms with Crippen LogP contribution in [0.2, 0.25) is 0 Å². The standard InChI is InChI=1S/C11H12O2/c12-10-2-1-7-5-8-3-4-13-11(8)6-9(7)10/h3-4,7,9H,1-2,5-6H2/t7-,9+/m1/s1. The Morgan fingerprint density at radius 1 is 1.38 bits per heavy atom. The average molecular weight is 176 g/mol. The molecule has 3 rings (SSSR count). The molecule has 2 heteroatoms. The number of hydrogen-bond donors (Lipinski definition) is 0.